The molecule has 27 heavy (non-hydrogen) atoms. The Bertz CT molecular complexity index is 1110. The van der Waals surface area contributed by atoms with Gasteiger partial charge in [0.15, 0.2) is 16.9 Å². The van der Waals surface area contributed by atoms with Crippen LogP contribution in [0.4, 0.5) is 0 Å². The first kappa shape index (κ1) is 17.6. The van der Waals surface area contributed by atoms with Crippen molar-refractivity contribution in [3.05, 3.63) is 40.1 Å². The third-order valence-corrected chi connectivity index (χ3v) is 5.02. The van der Waals surface area contributed by atoms with E-state index < -0.39 is 17.8 Å². The molecule has 142 valence electrons. The van der Waals surface area contributed by atoms with Crippen LogP contribution in [0.2, 0.25) is 0 Å². The third kappa shape index (κ3) is 2.39. The largest absolute Gasteiger partial charge is 0.496 e. The topological polar surface area (TPSA) is 98.4 Å². The van der Waals surface area contributed by atoms with Crippen molar-refractivity contribution in [1.29, 1.82) is 0 Å². The molecule has 0 spiro atoms. The molecule has 0 radical (unpaired) electrons. The lowest BCUT2D eigenvalue weighted by atomic mass is 9.87. The Hall–Kier alpha value is -2.77. The van der Waals surface area contributed by atoms with Gasteiger partial charge in [-0.25, -0.2) is 0 Å². The highest BCUT2D eigenvalue weighted by atomic mass is 16.5. The van der Waals surface area contributed by atoms with Gasteiger partial charge in [-0.05, 0) is 26.0 Å². The van der Waals surface area contributed by atoms with E-state index in [2.05, 4.69) is 0 Å². The zero-order chi connectivity index (χ0) is 19.5. The first-order valence-corrected chi connectivity index (χ1v) is 8.49. The second kappa shape index (κ2) is 5.87. The highest BCUT2D eigenvalue weighted by Gasteiger charge is 2.44. The molecule has 1 aromatic heterocycles. The Balaban J connectivity index is 2.20. The van der Waals surface area contributed by atoms with Gasteiger partial charge in [0.2, 0.25) is 5.43 Å². The molecular formula is C20H20O7. The van der Waals surface area contributed by atoms with Crippen molar-refractivity contribution in [2.75, 3.05) is 14.2 Å². The van der Waals surface area contributed by atoms with Crippen LogP contribution >= 0.6 is 0 Å². The zero-order valence-corrected chi connectivity index (χ0v) is 15.4. The molecule has 2 N–H and O–H groups in total. The number of hydrogen-bond donors (Lipinski definition) is 2. The Morgan fingerprint density at radius 2 is 1.78 bits per heavy atom. The van der Waals surface area contributed by atoms with Crippen molar-refractivity contribution in [2.45, 2.75) is 31.7 Å². The summed E-state index contributed by atoms with van der Waals surface area (Å²) in [4.78, 5) is 13.2. The monoisotopic (exact) mass is 372 g/mol. The maximum atomic E-state index is 13.2. The van der Waals surface area contributed by atoms with Gasteiger partial charge in [0.05, 0.1) is 25.2 Å². The lowest BCUT2D eigenvalue weighted by Gasteiger charge is -2.40. The predicted molar refractivity (Wildman–Crippen MR) is 98.8 cm³/mol. The standard InChI is InChI=1S/C20H20O7/c1-20(2)19(23)16(22)14-12(27-20)8-11(25-4)13-15(21)9-6-5-7-10(24-3)17(9)26-18(13)14/h5-8,16,19,22-23H,1-4H3/t16-,19-/m1/s1. The number of aliphatic hydroxyl groups excluding tert-OH is 2. The van der Waals surface area contributed by atoms with E-state index in [0.717, 1.165) is 0 Å². The van der Waals surface area contributed by atoms with Crippen LogP contribution in [0.25, 0.3) is 21.9 Å². The van der Waals surface area contributed by atoms with Gasteiger partial charge in [0.25, 0.3) is 0 Å². The minimum absolute atomic E-state index is 0.105. The minimum Gasteiger partial charge on any atom is -0.496 e. The van der Waals surface area contributed by atoms with E-state index in [0.29, 0.717) is 16.9 Å². The van der Waals surface area contributed by atoms with Crippen molar-refractivity contribution in [2.24, 2.45) is 0 Å². The van der Waals surface area contributed by atoms with Gasteiger partial charge in [-0.1, -0.05) is 6.07 Å². The maximum absolute atomic E-state index is 13.2. The van der Waals surface area contributed by atoms with Crippen LogP contribution in [0.5, 0.6) is 17.2 Å². The summed E-state index contributed by atoms with van der Waals surface area (Å²) in [6, 6.07) is 6.54. The van der Waals surface area contributed by atoms with Crippen LogP contribution in [0.3, 0.4) is 0 Å². The Kier molecular flexibility index (Phi) is 3.83. The molecule has 7 nitrogen and oxygen atoms in total. The fourth-order valence-corrected chi connectivity index (χ4v) is 3.55. The highest BCUT2D eigenvalue weighted by Crippen LogP contribution is 2.46. The van der Waals surface area contributed by atoms with Crippen molar-refractivity contribution in [3.63, 3.8) is 0 Å². The first-order chi connectivity index (χ1) is 12.8. The van der Waals surface area contributed by atoms with Gasteiger partial charge in [-0.2, -0.15) is 0 Å². The predicted octanol–water partition coefficient (Wildman–Crippen LogP) is 2.53. The van der Waals surface area contributed by atoms with Crippen molar-refractivity contribution in [3.8, 4) is 17.2 Å². The summed E-state index contributed by atoms with van der Waals surface area (Å²) >= 11 is 0. The van der Waals surface area contributed by atoms with E-state index in [1.165, 1.54) is 20.3 Å². The van der Waals surface area contributed by atoms with Gasteiger partial charge in [0, 0.05) is 6.07 Å². The zero-order valence-electron chi connectivity index (χ0n) is 15.4. The molecule has 7 heteroatoms. The van der Waals surface area contributed by atoms with Crippen LogP contribution in [-0.4, -0.2) is 36.1 Å². The summed E-state index contributed by atoms with van der Waals surface area (Å²) in [5.74, 6) is 0.941. The van der Waals surface area contributed by atoms with Gasteiger partial charge in [-0.15, -0.1) is 0 Å². The molecule has 4 rings (SSSR count). The smallest absolute Gasteiger partial charge is 0.204 e. The van der Waals surface area contributed by atoms with Crippen molar-refractivity contribution < 1.29 is 28.8 Å². The molecule has 0 amide bonds. The number of hydrogen-bond acceptors (Lipinski definition) is 7. The van der Waals surface area contributed by atoms with Crippen LogP contribution < -0.4 is 19.6 Å². The van der Waals surface area contributed by atoms with Crippen LogP contribution in [0, 0.1) is 0 Å². The van der Waals surface area contributed by atoms with Gasteiger partial charge < -0.3 is 28.8 Å². The Labute approximate surface area is 154 Å². The average Bonchev–Trinajstić information content (AvgIpc) is 2.64. The Morgan fingerprint density at radius 1 is 1.07 bits per heavy atom. The third-order valence-electron chi connectivity index (χ3n) is 5.02. The molecule has 1 aliphatic heterocycles. The van der Waals surface area contributed by atoms with Gasteiger partial charge in [0.1, 0.15) is 34.7 Å². The van der Waals surface area contributed by atoms with Crippen LogP contribution in [0.15, 0.2) is 33.5 Å². The number of aliphatic hydroxyl groups is 2. The quantitative estimate of drug-likeness (QED) is 0.667. The SMILES string of the molecule is COc1cccc2c(=O)c3c(OC)cc4c(c3oc12)[C@@H](O)[C@@H](O)C(C)(C)O4. The number of rotatable bonds is 2. The summed E-state index contributed by atoms with van der Waals surface area (Å²) in [7, 11) is 2.92. The van der Waals surface area contributed by atoms with E-state index >= 15 is 0 Å². The summed E-state index contributed by atoms with van der Waals surface area (Å²) in [5, 5.41) is 21.7. The van der Waals surface area contributed by atoms with E-state index in [1.54, 1.807) is 32.0 Å². The number of para-hydroxylation sites is 1. The molecule has 0 saturated carbocycles. The summed E-state index contributed by atoms with van der Waals surface area (Å²) in [5.41, 5.74) is -0.785. The molecule has 3 aromatic rings. The van der Waals surface area contributed by atoms with Crippen molar-refractivity contribution in [1.82, 2.24) is 0 Å². The van der Waals surface area contributed by atoms with E-state index in [1.807, 2.05) is 0 Å². The fourth-order valence-electron chi connectivity index (χ4n) is 3.55. The number of benzene rings is 2. The molecule has 0 fully saturated rings. The fraction of sp³-hybridized carbons (Fsp3) is 0.350. The Morgan fingerprint density at radius 3 is 2.44 bits per heavy atom. The number of methoxy groups -OCH3 is 2. The number of fused-ring (bicyclic) bond motifs is 4. The van der Waals surface area contributed by atoms with Crippen LogP contribution in [-0.2, 0) is 0 Å². The molecule has 0 saturated heterocycles. The number of ether oxygens (including phenoxy) is 3. The van der Waals surface area contributed by atoms with Crippen molar-refractivity contribution >= 4 is 21.9 Å². The van der Waals surface area contributed by atoms with Crippen LogP contribution in [0.1, 0.15) is 25.5 Å². The molecule has 1 aliphatic rings. The average molecular weight is 372 g/mol. The summed E-state index contributed by atoms with van der Waals surface area (Å²) < 4.78 is 22.6. The molecule has 0 unspecified atom stereocenters. The summed E-state index contributed by atoms with van der Waals surface area (Å²) in [6.45, 7) is 3.33. The van der Waals surface area contributed by atoms with Gasteiger partial charge in [-0.3, -0.25) is 4.79 Å². The lowest BCUT2D eigenvalue weighted by molar-refractivity contribution is -0.111. The molecule has 2 heterocycles. The van der Waals surface area contributed by atoms with E-state index in [-0.39, 0.29) is 33.3 Å². The highest BCUT2D eigenvalue weighted by molar-refractivity contribution is 5.97. The second-order valence-corrected chi connectivity index (χ2v) is 7.06. The molecular weight excluding hydrogens is 352 g/mol. The maximum Gasteiger partial charge on any atom is 0.204 e. The molecule has 2 atom stereocenters. The minimum atomic E-state index is -1.30. The lowest BCUT2D eigenvalue weighted by Crippen LogP contribution is -2.48. The summed E-state index contributed by atoms with van der Waals surface area (Å²) in [6.07, 6.45) is -2.51. The molecule has 2 aromatic carbocycles. The molecule has 0 aliphatic carbocycles. The van der Waals surface area contributed by atoms with E-state index in [9.17, 15) is 15.0 Å². The second-order valence-electron chi connectivity index (χ2n) is 7.06. The van der Waals surface area contributed by atoms with Gasteiger partial charge >= 0.3 is 0 Å². The van der Waals surface area contributed by atoms with E-state index in [4.69, 9.17) is 18.6 Å². The molecule has 0 bridgehead atoms. The normalized spacial score (nSPS) is 21.0. The first-order valence-electron chi connectivity index (χ1n) is 8.49.